The van der Waals surface area contributed by atoms with E-state index >= 15 is 14.4 Å². The third kappa shape index (κ3) is 8.22. The minimum atomic E-state index is -2.02. The van der Waals surface area contributed by atoms with Gasteiger partial charge in [-0.3, -0.25) is 24.3 Å². The van der Waals surface area contributed by atoms with Crippen LogP contribution in [0.15, 0.2) is 128 Å². The van der Waals surface area contributed by atoms with Crippen molar-refractivity contribution < 1.29 is 48.3 Å². The summed E-state index contributed by atoms with van der Waals surface area (Å²) in [4.78, 5) is 68.5. The van der Waals surface area contributed by atoms with Gasteiger partial charge in [0.25, 0.3) is 0 Å². The highest BCUT2D eigenvalue weighted by molar-refractivity contribution is 6.23. The van der Waals surface area contributed by atoms with Crippen LogP contribution in [0.2, 0.25) is 0 Å². The van der Waals surface area contributed by atoms with Crippen LogP contribution < -0.4 is 15.0 Å². The average Bonchev–Trinajstić information content (AvgIpc) is 3.78. The quantitative estimate of drug-likeness (QED) is 0.0776. The van der Waals surface area contributed by atoms with Crippen LogP contribution in [0.4, 0.5) is 10.5 Å². The number of hydrogen-bond donors (Lipinski definition) is 3. The van der Waals surface area contributed by atoms with E-state index in [0.29, 0.717) is 28.9 Å². The van der Waals surface area contributed by atoms with Crippen LogP contribution in [0.1, 0.15) is 58.1 Å². The maximum absolute atomic E-state index is 16.2. The van der Waals surface area contributed by atoms with E-state index in [4.69, 9.17) is 18.9 Å². The number of cyclic esters (lactones) is 1. The van der Waals surface area contributed by atoms with Crippen molar-refractivity contribution in [2.24, 2.45) is 5.92 Å². The smallest absolute Gasteiger partial charge is 0.421 e. The molecular weight excluding hydrogens is 817 g/mol. The monoisotopic (exact) mass is 864 g/mol. The van der Waals surface area contributed by atoms with Gasteiger partial charge in [-0.15, -0.1) is 0 Å². The molecule has 2 fully saturated rings. The number of anilines is 1. The van der Waals surface area contributed by atoms with Gasteiger partial charge in [0, 0.05) is 44.0 Å². The second kappa shape index (κ2) is 19.7. The maximum Gasteiger partial charge on any atom is 0.421 e. The highest BCUT2D eigenvalue weighted by Gasteiger charge is 2.75. The predicted octanol–water partition coefficient (Wildman–Crippen LogP) is 4.99. The Labute approximate surface area is 370 Å². The van der Waals surface area contributed by atoms with E-state index in [-0.39, 0.29) is 57.3 Å². The molecule has 0 radical (unpaired) electrons. The van der Waals surface area contributed by atoms with Gasteiger partial charge in [0.2, 0.25) is 11.8 Å². The molecule has 4 aromatic carbocycles. The lowest BCUT2D eigenvalue weighted by molar-refractivity contribution is -0.178. The molecule has 2 saturated heterocycles. The minimum Gasteiger partial charge on any atom is -0.491 e. The fourth-order valence-electron chi connectivity index (χ4n) is 9.34. The molecular formula is C50H48N4O10. The van der Waals surface area contributed by atoms with Crippen LogP contribution in [-0.4, -0.2) is 96.7 Å². The SMILES string of the molecule is COCCOC(=O)N1C(=O)C2(c3cc(C#CCCO)ccc31)C(C(=O)NCCc1ccccn1)C1C(=O)OC(c3ccccc3)C(c3ccccc3)N1C2c1ccc(OCCO)cc1. The van der Waals surface area contributed by atoms with Gasteiger partial charge in [0.05, 0.1) is 43.5 Å². The number of aliphatic hydroxyl groups excluding tert-OH is 2. The zero-order valence-electron chi connectivity index (χ0n) is 35.2. The number of hydrogen-bond acceptors (Lipinski definition) is 12. The molecule has 5 aromatic rings. The van der Waals surface area contributed by atoms with Gasteiger partial charge in [-0.25, -0.2) is 9.69 Å². The number of pyridine rings is 1. The molecule has 6 atom stereocenters. The molecule has 6 unspecified atom stereocenters. The Bertz CT molecular complexity index is 2510. The summed E-state index contributed by atoms with van der Waals surface area (Å²) in [5.74, 6) is 2.81. The third-order valence-electron chi connectivity index (χ3n) is 11.9. The van der Waals surface area contributed by atoms with Crippen LogP contribution in [0.25, 0.3) is 0 Å². The van der Waals surface area contributed by atoms with Crippen molar-refractivity contribution in [2.75, 3.05) is 51.6 Å². The molecule has 3 N–H and O–H groups in total. The molecule has 64 heavy (non-hydrogen) atoms. The molecule has 1 aromatic heterocycles. The largest absolute Gasteiger partial charge is 0.491 e. The second-order valence-corrected chi connectivity index (χ2v) is 15.5. The normalized spacial score (nSPS) is 22.2. The number of nitrogens with one attached hydrogen (secondary N) is 1. The Kier molecular flexibility index (Phi) is 13.4. The van der Waals surface area contributed by atoms with E-state index in [1.807, 2.05) is 77.7 Å². The molecule has 0 aliphatic carbocycles. The summed E-state index contributed by atoms with van der Waals surface area (Å²) >= 11 is 0. The Hall–Kier alpha value is -6.89. The number of benzene rings is 4. The van der Waals surface area contributed by atoms with Crippen LogP contribution in [-0.2, 0) is 40.4 Å². The number of aliphatic hydroxyl groups is 2. The summed E-state index contributed by atoms with van der Waals surface area (Å²) in [5.41, 5.74) is 1.54. The number of amides is 3. The summed E-state index contributed by atoms with van der Waals surface area (Å²) < 4.78 is 23.1. The van der Waals surface area contributed by atoms with Gasteiger partial charge < -0.3 is 34.5 Å². The highest BCUT2D eigenvalue weighted by Crippen LogP contribution is 2.66. The second-order valence-electron chi connectivity index (χ2n) is 15.5. The average molecular weight is 865 g/mol. The number of ether oxygens (including phenoxy) is 4. The van der Waals surface area contributed by atoms with E-state index in [2.05, 4.69) is 22.1 Å². The molecule has 14 nitrogen and oxygen atoms in total. The summed E-state index contributed by atoms with van der Waals surface area (Å²) in [6.07, 6.45) is 0.280. The first-order chi connectivity index (χ1) is 31.3. The predicted molar refractivity (Wildman–Crippen MR) is 234 cm³/mol. The molecule has 0 bridgehead atoms. The molecule has 8 rings (SSSR count). The number of aromatic nitrogens is 1. The van der Waals surface area contributed by atoms with Gasteiger partial charge in [0.1, 0.15) is 36.5 Å². The standard InChI is InChI=1S/C50H48N4O10/c1-61-30-31-63-49(60)53-40-23-18-33(12-9-11-27-55)32-39(40)50(48(53)59)41(46(57)52-26-24-37-17-8-10-25-51-37)43-47(58)64-44(35-15-6-3-7-16-35)42(34-13-4-2-5-14-34)54(43)45(50)36-19-21-38(22-20-36)62-29-28-56/h2-8,10,13-23,25,32,41-45,55-56H,11,24,26-31H2,1H3,(H,52,57). The van der Waals surface area contributed by atoms with Crippen molar-refractivity contribution in [1.82, 2.24) is 15.2 Å². The summed E-state index contributed by atoms with van der Waals surface area (Å²) in [6.45, 7) is -0.359. The van der Waals surface area contributed by atoms with E-state index in [9.17, 15) is 15.0 Å². The van der Waals surface area contributed by atoms with E-state index in [0.717, 1.165) is 16.2 Å². The first-order valence-electron chi connectivity index (χ1n) is 21.2. The first-order valence-corrected chi connectivity index (χ1v) is 21.2. The molecule has 4 heterocycles. The van der Waals surface area contributed by atoms with Gasteiger partial charge in [0.15, 0.2) is 0 Å². The Morgan fingerprint density at radius 1 is 0.828 bits per heavy atom. The van der Waals surface area contributed by atoms with Crippen molar-refractivity contribution in [3.63, 3.8) is 0 Å². The number of carbonyl (C=O) groups is 4. The fraction of sp³-hybridized carbons (Fsp3) is 0.300. The van der Waals surface area contributed by atoms with Gasteiger partial charge >= 0.3 is 12.1 Å². The molecule has 3 aliphatic rings. The molecule has 328 valence electrons. The number of fused-ring (bicyclic) bond motifs is 3. The number of imide groups is 1. The van der Waals surface area contributed by atoms with Crippen LogP contribution in [0, 0.1) is 17.8 Å². The molecule has 14 heteroatoms. The maximum atomic E-state index is 16.2. The van der Waals surface area contributed by atoms with Crippen molar-refractivity contribution >= 4 is 29.6 Å². The van der Waals surface area contributed by atoms with Gasteiger partial charge in [-0.2, -0.15) is 0 Å². The lowest BCUT2D eigenvalue weighted by Crippen LogP contribution is -2.56. The van der Waals surface area contributed by atoms with Crippen molar-refractivity contribution in [2.45, 2.75) is 42.5 Å². The molecule has 0 saturated carbocycles. The zero-order valence-corrected chi connectivity index (χ0v) is 35.2. The van der Waals surface area contributed by atoms with Crippen LogP contribution in [0.3, 0.4) is 0 Å². The van der Waals surface area contributed by atoms with Crippen molar-refractivity contribution in [3.05, 3.63) is 161 Å². The Balaban J connectivity index is 1.41. The Morgan fingerprint density at radius 3 is 2.25 bits per heavy atom. The number of rotatable bonds is 14. The minimum absolute atomic E-state index is 0.0361. The topological polar surface area (TPSA) is 177 Å². The Morgan fingerprint density at radius 2 is 1.56 bits per heavy atom. The zero-order chi connectivity index (χ0) is 44.6. The summed E-state index contributed by atoms with van der Waals surface area (Å²) in [5, 5.41) is 22.2. The molecule has 3 aliphatic heterocycles. The number of esters is 1. The van der Waals surface area contributed by atoms with Gasteiger partial charge in [-0.05, 0) is 64.7 Å². The summed E-state index contributed by atoms with van der Waals surface area (Å²) in [7, 11) is 1.46. The van der Waals surface area contributed by atoms with Crippen LogP contribution in [0.5, 0.6) is 5.75 Å². The van der Waals surface area contributed by atoms with E-state index in [1.54, 1.807) is 54.7 Å². The van der Waals surface area contributed by atoms with Crippen LogP contribution >= 0.6 is 0 Å². The fourth-order valence-corrected chi connectivity index (χ4v) is 9.34. The van der Waals surface area contributed by atoms with E-state index < -0.39 is 59.4 Å². The first kappa shape index (κ1) is 43.7. The number of nitrogens with zero attached hydrogens (tertiary/aromatic N) is 3. The van der Waals surface area contributed by atoms with E-state index in [1.165, 1.54) is 7.11 Å². The lowest BCUT2D eigenvalue weighted by atomic mass is 9.65. The molecule has 3 amide bonds. The number of methoxy groups -OCH3 is 1. The summed E-state index contributed by atoms with van der Waals surface area (Å²) in [6, 6.07) is 32.9. The third-order valence-corrected chi connectivity index (χ3v) is 11.9. The van der Waals surface area contributed by atoms with Gasteiger partial charge in [-0.1, -0.05) is 90.7 Å². The van der Waals surface area contributed by atoms with Crippen molar-refractivity contribution in [3.8, 4) is 17.6 Å². The number of morpholine rings is 1. The number of carbonyl (C=O) groups excluding carboxylic acids is 4. The highest BCUT2D eigenvalue weighted by atomic mass is 16.6. The lowest BCUT2D eigenvalue weighted by Gasteiger charge is -2.46. The molecule has 1 spiro atoms. The van der Waals surface area contributed by atoms with Crippen molar-refractivity contribution in [1.29, 1.82) is 0 Å².